The van der Waals surface area contributed by atoms with Gasteiger partial charge in [-0.05, 0) is 64.7 Å². The number of rotatable bonds is 10. The number of benzene rings is 3. The van der Waals surface area contributed by atoms with Crippen LogP contribution in [0, 0.1) is 0 Å². The molecule has 212 valence electrons. The number of methoxy groups -OCH3 is 1. The summed E-state index contributed by atoms with van der Waals surface area (Å²) in [6.07, 6.45) is 0. The largest absolute Gasteiger partial charge is 0.493 e. The fraction of sp³-hybridized carbons (Fsp3) is 0.233. The van der Waals surface area contributed by atoms with Gasteiger partial charge < -0.3 is 19.5 Å². The third-order valence-corrected chi connectivity index (χ3v) is 8.28. The molecule has 8 nitrogen and oxygen atoms in total. The average Bonchev–Trinajstić information content (AvgIpc) is 3.37. The predicted octanol–water partition coefficient (Wildman–Crippen LogP) is 7.43. The molecule has 3 aromatic carbocycles. The molecular weight excluding hydrogens is 628 g/mol. The number of fused-ring (bicyclic) bond motifs is 1. The minimum atomic E-state index is -0.624. The second-order valence-corrected chi connectivity index (χ2v) is 11.3. The number of hydrogen-bond donors (Lipinski definition) is 1. The standard InChI is InChI=1S/C30H28BrClN4O4S/c1-4-39-28(37)25-18(2)33-29-34-30(41-17-20-12-8-9-13-23(20)32)35-36(29)26(25)21-14-22(31)27(24(15-21)38-3)40-16-19-10-6-5-7-11-19/h5-15,26H,4,16-17H2,1-3H3,(H,33,34,35). The maximum atomic E-state index is 13.3. The SMILES string of the molecule is CCOC(=O)C1=C(C)Nc2nc(SCc3ccccc3Cl)nn2C1c1cc(Br)c(OCc2ccccc2)c(OC)c1. The van der Waals surface area contributed by atoms with Crippen molar-refractivity contribution in [1.29, 1.82) is 0 Å². The van der Waals surface area contributed by atoms with E-state index in [0.717, 1.165) is 16.7 Å². The Balaban J connectivity index is 1.51. The molecule has 1 aliphatic heterocycles. The van der Waals surface area contributed by atoms with Gasteiger partial charge in [0.15, 0.2) is 11.5 Å². The molecule has 0 amide bonds. The van der Waals surface area contributed by atoms with Gasteiger partial charge in [-0.15, -0.1) is 5.10 Å². The lowest BCUT2D eigenvalue weighted by Crippen LogP contribution is -2.29. The minimum Gasteiger partial charge on any atom is -0.493 e. The van der Waals surface area contributed by atoms with Crippen LogP contribution in [0.3, 0.4) is 0 Å². The van der Waals surface area contributed by atoms with Crippen molar-refractivity contribution in [3.63, 3.8) is 0 Å². The molecule has 41 heavy (non-hydrogen) atoms. The number of anilines is 1. The van der Waals surface area contributed by atoms with Crippen LogP contribution in [0.5, 0.6) is 11.5 Å². The Hall–Kier alpha value is -3.47. The molecule has 0 saturated carbocycles. The van der Waals surface area contributed by atoms with Gasteiger partial charge in [-0.2, -0.15) is 4.98 Å². The van der Waals surface area contributed by atoms with Crippen molar-refractivity contribution < 1.29 is 19.0 Å². The first-order valence-corrected chi connectivity index (χ1v) is 15.1. The van der Waals surface area contributed by atoms with E-state index in [1.54, 1.807) is 18.7 Å². The third kappa shape index (κ3) is 6.39. The Morgan fingerprint density at radius 3 is 2.63 bits per heavy atom. The van der Waals surface area contributed by atoms with Gasteiger partial charge in [0.1, 0.15) is 12.6 Å². The van der Waals surface area contributed by atoms with E-state index in [4.69, 9.17) is 35.9 Å². The molecule has 0 radical (unpaired) electrons. The topological polar surface area (TPSA) is 87.5 Å². The number of nitrogens with one attached hydrogen (secondary N) is 1. The Bertz CT molecular complexity index is 1590. The van der Waals surface area contributed by atoms with Crippen molar-refractivity contribution in [1.82, 2.24) is 14.8 Å². The van der Waals surface area contributed by atoms with Gasteiger partial charge in [0.2, 0.25) is 11.1 Å². The molecule has 11 heteroatoms. The quantitative estimate of drug-likeness (QED) is 0.140. The summed E-state index contributed by atoms with van der Waals surface area (Å²) in [4.78, 5) is 18.0. The zero-order valence-corrected chi connectivity index (χ0v) is 25.8. The second-order valence-electron chi connectivity index (χ2n) is 9.14. The number of halogens is 2. The molecule has 1 aromatic heterocycles. The number of allylic oxidation sites excluding steroid dienone is 1. The number of hydrogen-bond acceptors (Lipinski definition) is 8. The van der Waals surface area contributed by atoms with E-state index in [0.29, 0.717) is 55.7 Å². The molecule has 0 saturated heterocycles. The summed E-state index contributed by atoms with van der Waals surface area (Å²) in [6, 6.07) is 20.7. The number of aromatic nitrogens is 3. The van der Waals surface area contributed by atoms with Gasteiger partial charge in [-0.3, -0.25) is 0 Å². The molecule has 2 heterocycles. The van der Waals surface area contributed by atoms with Crippen LogP contribution >= 0.6 is 39.3 Å². The maximum Gasteiger partial charge on any atom is 0.338 e. The van der Waals surface area contributed by atoms with Crippen LogP contribution in [0.4, 0.5) is 5.95 Å². The van der Waals surface area contributed by atoms with E-state index in [1.807, 2.05) is 73.7 Å². The molecule has 1 aliphatic rings. The molecule has 1 unspecified atom stereocenters. The van der Waals surface area contributed by atoms with Crippen molar-refractivity contribution in [2.45, 2.75) is 37.4 Å². The van der Waals surface area contributed by atoms with Crippen molar-refractivity contribution in [3.05, 3.63) is 104 Å². The maximum absolute atomic E-state index is 13.3. The first-order valence-electron chi connectivity index (χ1n) is 12.9. The van der Waals surface area contributed by atoms with Crippen LogP contribution in [-0.2, 0) is 21.9 Å². The summed E-state index contributed by atoms with van der Waals surface area (Å²) in [6.45, 7) is 4.22. The lowest BCUT2D eigenvalue weighted by molar-refractivity contribution is -0.139. The van der Waals surface area contributed by atoms with Crippen LogP contribution in [0.25, 0.3) is 0 Å². The zero-order valence-electron chi connectivity index (χ0n) is 22.7. The Morgan fingerprint density at radius 1 is 1.15 bits per heavy atom. The Kier molecular flexibility index (Phi) is 9.22. The van der Waals surface area contributed by atoms with E-state index in [1.165, 1.54) is 11.8 Å². The fourth-order valence-electron chi connectivity index (χ4n) is 4.50. The van der Waals surface area contributed by atoms with Crippen LogP contribution in [0.15, 0.2) is 87.6 Å². The molecule has 0 bridgehead atoms. The van der Waals surface area contributed by atoms with Crippen LogP contribution in [0.1, 0.15) is 36.6 Å². The van der Waals surface area contributed by atoms with Crippen LogP contribution in [-0.4, -0.2) is 34.5 Å². The summed E-state index contributed by atoms with van der Waals surface area (Å²) in [7, 11) is 1.58. The van der Waals surface area contributed by atoms with E-state index < -0.39 is 12.0 Å². The summed E-state index contributed by atoms with van der Waals surface area (Å²) in [5, 5.41) is 9.26. The van der Waals surface area contributed by atoms with E-state index >= 15 is 0 Å². The number of carbonyl (C=O) groups excluding carboxylic acids is 1. The highest BCUT2D eigenvalue weighted by molar-refractivity contribution is 9.10. The minimum absolute atomic E-state index is 0.241. The van der Waals surface area contributed by atoms with Crippen molar-refractivity contribution in [3.8, 4) is 11.5 Å². The Morgan fingerprint density at radius 2 is 1.90 bits per heavy atom. The molecule has 0 aliphatic carbocycles. The summed E-state index contributed by atoms with van der Waals surface area (Å²) >= 11 is 11.5. The third-order valence-electron chi connectivity index (χ3n) is 6.44. The van der Waals surface area contributed by atoms with Crippen LogP contribution in [0.2, 0.25) is 5.02 Å². The van der Waals surface area contributed by atoms with Gasteiger partial charge in [-0.25, -0.2) is 9.48 Å². The summed E-state index contributed by atoms with van der Waals surface area (Å²) in [5.74, 6) is 1.75. The van der Waals surface area contributed by atoms with Gasteiger partial charge in [0, 0.05) is 16.5 Å². The molecule has 4 aromatic rings. The normalized spacial score (nSPS) is 14.3. The predicted molar refractivity (Wildman–Crippen MR) is 164 cm³/mol. The highest BCUT2D eigenvalue weighted by Crippen LogP contribution is 2.43. The fourth-order valence-corrected chi connectivity index (χ4v) is 6.19. The van der Waals surface area contributed by atoms with E-state index in [2.05, 4.69) is 21.2 Å². The number of thioether (sulfide) groups is 1. The van der Waals surface area contributed by atoms with Crippen molar-refractivity contribution in [2.24, 2.45) is 0 Å². The summed E-state index contributed by atoms with van der Waals surface area (Å²) in [5.41, 5.74) is 3.83. The van der Waals surface area contributed by atoms with Crippen molar-refractivity contribution >= 4 is 51.2 Å². The lowest BCUT2D eigenvalue weighted by Gasteiger charge is -2.28. The lowest BCUT2D eigenvalue weighted by atomic mass is 9.95. The molecule has 1 atom stereocenters. The number of esters is 1. The van der Waals surface area contributed by atoms with E-state index in [-0.39, 0.29) is 6.61 Å². The number of nitrogens with zero attached hydrogens (tertiary/aromatic N) is 3. The average molecular weight is 656 g/mol. The Labute approximate surface area is 256 Å². The summed E-state index contributed by atoms with van der Waals surface area (Å²) < 4.78 is 19.7. The van der Waals surface area contributed by atoms with Gasteiger partial charge in [0.25, 0.3) is 0 Å². The molecule has 5 rings (SSSR count). The monoisotopic (exact) mass is 654 g/mol. The first kappa shape index (κ1) is 29.0. The highest BCUT2D eigenvalue weighted by Gasteiger charge is 2.36. The van der Waals surface area contributed by atoms with Gasteiger partial charge >= 0.3 is 5.97 Å². The smallest absolute Gasteiger partial charge is 0.338 e. The van der Waals surface area contributed by atoms with Gasteiger partial charge in [0.05, 0.1) is 23.8 Å². The second kappa shape index (κ2) is 13.0. The first-order chi connectivity index (χ1) is 19.9. The van der Waals surface area contributed by atoms with Crippen LogP contribution < -0.4 is 14.8 Å². The number of ether oxygens (including phenoxy) is 3. The van der Waals surface area contributed by atoms with Gasteiger partial charge in [-0.1, -0.05) is 71.9 Å². The van der Waals surface area contributed by atoms with Crippen molar-refractivity contribution in [2.75, 3.05) is 19.0 Å². The van der Waals surface area contributed by atoms with E-state index in [9.17, 15) is 4.79 Å². The zero-order chi connectivity index (χ0) is 28.9. The highest BCUT2D eigenvalue weighted by atomic mass is 79.9. The molecule has 0 fully saturated rings. The molecule has 1 N–H and O–H groups in total. The molecule has 0 spiro atoms. The number of carbonyl (C=O) groups is 1. The molecular formula is C30H28BrClN4O4S.